The maximum absolute atomic E-state index is 12.3. The van der Waals surface area contributed by atoms with Gasteiger partial charge in [-0.3, -0.25) is 4.79 Å². The Labute approximate surface area is 124 Å². The van der Waals surface area contributed by atoms with Crippen LogP contribution in [0.25, 0.3) is 0 Å². The number of piperazine rings is 1. The number of hydrogen-bond donors (Lipinski definition) is 1. The summed E-state index contributed by atoms with van der Waals surface area (Å²) in [6.07, 6.45) is 2.09. The molecule has 2 aliphatic heterocycles. The van der Waals surface area contributed by atoms with Crippen LogP contribution in [-0.4, -0.2) is 49.6 Å². The van der Waals surface area contributed by atoms with Crippen LogP contribution in [-0.2, 0) is 4.79 Å². The van der Waals surface area contributed by atoms with Crippen molar-refractivity contribution in [2.24, 2.45) is 0 Å². The number of benzene rings is 1. The van der Waals surface area contributed by atoms with Crippen molar-refractivity contribution in [3.63, 3.8) is 0 Å². The van der Waals surface area contributed by atoms with Crippen molar-refractivity contribution in [2.75, 3.05) is 37.6 Å². The minimum Gasteiger partial charge on any atom is -0.368 e. The summed E-state index contributed by atoms with van der Waals surface area (Å²) in [6, 6.07) is 7.96. The fourth-order valence-corrected chi connectivity index (χ4v) is 3.08. The minimum absolute atomic E-state index is 0.0529. The second-order valence-corrected chi connectivity index (χ2v) is 5.87. The molecule has 1 amide bonds. The standard InChI is InChI=1S/C15H20ClN3O/c16-12-3-5-13(6-4-12)18-8-10-19(11-9-18)15(20)14-2-1-7-17-14/h3-6,14,17H,1-2,7-11H2/t14-/m0/s1. The van der Waals surface area contributed by atoms with Crippen molar-refractivity contribution in [3.05, 3.63) is 29.3 Å². The Balaban J connectivity index is 1.56. The molecule has 1 N–H and O–H groups in total. The van der Waals surface area contributed by atoms with Crippen LogP contribution in [0.15, 0.2) is 24.3 Å². The van der Waals surface area contributed by atoms with Crippen LogP contribution in [0, 0.1) is 0 Å². The van der Waals surface area contributed by atoms with Crippen molar-refractivity contribution in [2.45, 2.75) is 18.9 Å². The monoisotopic (exact) mass is 293 g/mol. The highest BCUT2D eigenvalue weighted by molar-refractivity contribution is 6.30. The van der Waals surface area contributed by atoms with Gasteiger partial charge in [0.1, 0.15) is 0 Å². The fraction of sp³-hybridized carbons (Fsp3) is 0.533. The molecule has 2 fully saturated rings. The number of carbonyl (C=O) groups is 1. The predicted octanol–water partition coefficient (Wildman–Crippen LogP) is 1.74. The van der Waals surface area contributed by atoms with Crippen molar-refractivity contribution in [3.8, 4) is 0 Å². The van der Waals surface area contributed by atoms with E-state index in [1.54, 1.807) is 0 Å². The van der Waals surface area contributed by atoms with Gasteiger partial charge in [-0.15, -0.1) is 0 Å². The molecule has 2 saturated heterocycles. The SMILES string of the molecule is O=C([C@@H]1CCCN1)N1CCN(c2ccc(Cl)cc2)CC1. The highest BCUT2D eigenvalue weighted by Gasteiger charge is 2.29. The van der Waals surface area contributed by atoms with Crippen LogP contribution in [0.5, 0.6) is 0 Å². The van der Waals surface area contributed by atoms with E-state index < -0.39 is 0 Å². The first-order valence-electron chi connectivity index (χ1n) is 7.27. The molecule has 0 aromatic heterocycles. The quantitative estimate of drug-likeness (QED) is 0.902. The molecule has 0 saturated carbocycles. The lowest BCUT2D eigenvalue weighted by molar-refractivity contribution is -0.133. The summed E-state index contributed by atoms with van der Waals surface area (Å²) in [6.45, 7) is 4.36. The molecule has 0 radical (unpaired) electrons. The topological polar surface area (TPSA) is 35.6 Å². The van der Waals surface area contributed by atoms with Crippen LogP contribution in [0.3, 0.4) is 0 Å². The molecule has 1 aromatic rings. The Morgan fingerprint density at radius 1 is 1.15 bits per heavy atom. The van der Waals surface area contributed by atoms with Gasteiger partial charge in [0.2, 0.25) is 5.91 Å². The Morgan fingerprint density at radius 3 is 2.45 bits per heavy atom. The van der Waals surface area contributed by atoms with Crippen LogP contribution in [0.2, 0.25) is 5.02 Å². The molecular formula is C15H20ClN3O. The van der Waals surface area contributed by atoms with Gasteiger partial charge < -0.3 is 15.1 Å². The second-order valence-electron chi connectivity index (χ2n) is 5.44. The molecule has 5 heteroatoms. The lowest BCUT2D eigenvalue weighted by Gasteiger charge is -2.37. The van der Waals surface area contributed by atoms with E-state index in [-0.39, 0.29) is 11.9 Å². The summed E-state index contributed by atoms with van der Waals surface area (Å²) >= 11 is 5.91. The van der Waals surface area contributed by atoms with Gasteiger partial charge in [0.05, 0.1) is 6.04 Å². The van der Waals surface area contributed by atoms with Crippen molar-refractivity contribution >= 4 is 23.2 Å². The van der Waals surface area contributed by atoms with Gasteiger partial charge in [0.15, 0.2) is 0 Å². The summed E-state index contributed by atoms with van der Waals surface area (Å²) in [5, 5.41) is 4.04. The van der Waals surface area contributed by atoms with Gasteiger partial charge in [-0.05, 0) is 43.7 Å². The number of rotatable bonds is 2. The van der Waals surface area contributed by atoms with Crippen molar-refractivity contribution in [1.82, 2.24) is 10.2 Å². The zero-order chi connectivity index (χ0) is 13.9. The molecule has 0 unspecified atom stereocenters. The average Bonchev–Trinajstić information content (AvgIpc) is 3.02. The minimum atomic E-state index is 0.0529. The molecule has 0 spiro atoms. The summed E-state index contributed by atoms with van der Waals surface area (Å²) in [7, 11) is 0. The van der Waals surface area contributed by atoms with E-state index in [1.165, 1.54) is 5.69 Å². The molecule has 108 valence electrons. The third-order valence-electron chi connectivity index (χ3n) is 4.14. The third-order valence-corrected chi connectivity index (χ3v) is 4.39. The number of halogens is 1. The van der Waals surface area contributed by atoms with Gasteiger partial charge >= 0.3 is 0 Å². The van der Waals surface area contributed by atoms with Crippen LogP contribution < -0.4 is 10.2 Å². The molecule has 0 aliphatic carbocycles. The van der Waals surface area contributed by atoms with Crippen LogP contribution in [0.4, 0.5) is 5.69 Å². The first kappa shape index (κ1) is 13.7. The summed E-state index contributed by atoms with van der Waals surface area (Å²) in [4.78, 5) is 16.6. The third kappa shape index (κ3) is 2.91. The normalized spacial score (nSPS) is 23.1. The molecule has 3 rings (SSSR count). The van der Waals surface area contributed by atoms with E-state index in [4.69, 9.17) is 11.6 Å². The van der Waals surface area contributed by atoms with E-state index >= 15 is 0 Å². The number of nitrogens with zero attached hydrogens (tertiary/aromatic N) is 2. The first-order chi connectivity index (χ1) is 9.74. The molecule has 0 bridgehead atoms. The second kappa shape index (κ2) is 6.02. The zero-order valence-corrected chi connectivity index (χ0v) is 12.3. The maximum Gasteiger partial charge on any atom is 0.239 e. The Bertz CT molecular complexity index is 463. The molecule has 1 atom stereocenters. The average molecular weight is 294 g/mol. The van der Waals surface area contributed by atoms with Crippen molar-refractivity contribution < 1.29 is 4.79 Å². The lowest BCUT2D eigenvalue weighted by Crippen LogP contribution is -2.53. The summed E-state index contributed by atoms with van der Waals surface area (Å²) < 4.78 is 0. The molecule has 2 aliphatic rings. The fourth-order valence-electron chi connectivity index (χ4n) is 2.95. The lowest BCUT2D eigenvalue weighted by atomic mass is 10.1. The predicted molar refractivity (Wildman–Crippen MR) is 81.3 cm³/mol. The largest absolute Gasteiger partial charge is 0.368 e. The number of nitrogens with one attached hydrogen (secondary N) is 1. The van der Waals surface area contributed by atoms with Gasteiger partial charge in [-0.2, -0.15) is 0 Å². The maximum atomic E-state index is 12.3. The number of carbonyl (C=O) groups excluding carboxylic acids is 1. The van der Waals surface area contributed by atoms with E-state index in [2.05, 4.69) is 10.2 Å². The molecular weight excluding hydrogens is 274 g/mol. The number of hydrogen-bond acceptors (Lipinski definition) is 3. The number of amides is 1. The highest BCUT2D eigenvalue weighted by atomic mass is 35.5. The molecule has 2 heterocycles. The van der Waals surface area contributed by atoms with Crippen LogP contribution in [0.1, 0.15) is 12.8 Å². The Hall–Kier alpha value is -1.26. The van der Waals surface area contributed by atoms with Gasteiger partial charge in [0.25, 0.3) is 0 Å². The van der Waals surface area contributed by atoms with Gasteiger partial charge in [-0.1, -0.05) is 11.6 Å². The Morgan fingerprint density at radius 2 is 1.85 bits per heavy atom. The van der Waals surface area contributed by atoms with E-state index in [1.807, 2.05) is 29.2 Å². The Kier molecular flexibility index (Phi) is 4.13. The van der Waals surface area contributed by atoms with E-state index in [0.29, 0.717) is 0 Å². The smallest absolute Gasteiger partial charge is 0.239 e. The van der Waals surface area contributed by atoms with Gasteiger partial charge in [0, 0.05) is 36.9 Å². The van der Waals surface area contributed by atoms with Crippen molar-refractivity contribution in [1.29, 1.82) is 0 Å². The first-order valence-corrected chi connectivity index (χ1v) is 7.64. The van der Waals surface area contributed by atoms with Crippen LogP contribution >= 0.6 is 11.6 Å². The molecule has 20 heavy (non-hydrogen) atoms. The molecule has 1 aromatic carbocycles. The van der Waals surface area contributed by atoms with E-state index in [0.717, 1.165) is 50.6 Å². The highest BCUT2D eigenvalue weighted by Crippen LogP contribution is 2.20. The molecule has 4 nitrogen and oxygen atoms in total. The van der Waals surface area contributed by atoms with E-state index in [9.17, 15) is 4.79 Å². The summed E-state index contributed by atoms with van der Waals surface area (Å²) in [5.74, 6) is 0.276. The summed E-state index contributed by atoms with van der Waals surface area (Å²) in [5.41, 5.74) is 1.18. The van der Waals surface area contributed by atoms with Gasteiger partial charge in [-0.25, -0.2) is 0 Å². The zero-order valence-electron chi connectivity index (χ0n) is 11.5. The number of anilines is 1.